The minimum absolute atomic E-state index is 0.0619. The van der Waals surface area contributed by atoms with Crippen molar-refractivity contribution in [2.24, 2.45) is 0 Å². The van der Waals surface area contributed by atoms with Crippen molar-refractivity contribution in [3.05, 3.63) is 50.9 Å². The first-order valence-electron chi connectivity index (χ1n) is 10.5. The molecule has 3 aromatic heterocycles. The van der Waals surface area contributed by atoms with E-state index in [-0.39, 0.29) is 17.2 Å². The lowest BCUT2D eigenvalue weighted by atomic mass is 10.2. The van der Waals surface area contributed by atoms with Crippen molar-refractivity contribution >= 4 is 39.2 Å². The Labute approximate surface area is 184 Å². The van der Waals surface area contributed by atoms with Crippen LogP contribution in [0.4, 0.5) is 0 Å². The average molecular weight is 443 g/mol. The number of carbonyl (C=O) groups is 1. The van der Waals surface area contributed by atoms with Gasteiger partial charge in [-0.3, -0.25) is 19.1 Å². The minimum Gasteiger partial charge on any atom is -0.350 e. The summed E-state index contributed by atoms with van der Waals surface area (Å²) in [5.41, 5.74) is 2.09. The fraction of sp³-hybridized carbons (Fsp3) is 0.455. The molecule has 0 saturated carbocycles. The first-order chi connectivity index (χ1) is 14.7. The van der Waals surface area contributed by atoms with Gasteiger partial charge in [-0.2, -0.15) is 0 Å². The fourth-order valence-electron chi connectivity index (χ4n) is 3.76. The molecule has 0 atom stereocenters. The lowest BCUT2D eigenvalue weighted by molar-refractivity contribution is -0.118. The molecule has 1 aliphatic carbocycles. The zero-order valence-corrected chi connectivity index (χ0v) is 18.8. The molecule has 0 spiro atoms. The van der Waals surface area contributed by atoms with Gasteiger partial charge in [0.2, 0.25) is 5.91 Å². The Kier molecular flexibility index (Phi) is 6.84. The Morgan fingerprint density at radius 2 is 2.20 bits per heavy atom. The number of nitrogens with zero attached hydrogens (tertiary/aromatic N) is 3. The summed E-state index contributed by atoms with van der Waals surface area (Å²) in [6, 6.07) is 5.63. The molecule has 0 saturated heterocycles. The van der Waals surface area contributed by atoms with Crippen LogP contribution in [0.5, 0.6) is 0 Å². The van der Waals surface area contributed by atoms with E-state index in [1.165, 1.54) is 22.2 Å². The molecule has 0 radical (unpaired) electrons. The summed E-state index contributed by atoms with van der Waals surface area (Å²) in [4.78, 5) is 36.9. The van der Waals surface area contributed by atoms with E-state index in [4.69, 9.17) is 4.98 Å². The van der Waals surface area contributed by atoms with Crippen molar-refractivity contribution in [2.45, 2.75) is 63.7 Å². The molecule has 0 bridgehead atoms. The van der Waals surface area contributed by atoms with Gasteiger partial charge in [-0.05, 0) is 43.4 Å². The smallest absolute Gasteiger partial charge is 0.263 e. The van der Waals surface area contributed by atoms with Crippen LogP contribution in [-0.4, -0.2) is 26.2 Å². The monoisotopic (exact) mass is 442 g/mol. The summed E-state index contributed by atoms with van der Waals surface area (Å²) in [7, 11) is 0. The molecule has 30 heavy (non-hydrogen) atoms. The van der Waals surface area contributed by atoms with Gasteiger partial charge in [-0.1, -0.05) is 37.6 Å². The molecule has 6 nitrogen and oxygen atoms in total. The number of pyridine rings is 1. The van der Waals surface area contributed by atoms with Gasteiger partial charge < -0.3 is 5.32 Å². The Hall–Kier alpha value is -2.19. The molecular formula is C22H26N4O2S2. The van der Waals surface area contributed by atoms with Crippen LogP contribution in [0.3, 0.4) is 0 Å². The molecule has 8 heteroatoms. The van der Waals surface area contributed by atoms with Crippen LogP contribution in [0.1, 0.15) is 48.7 Å². The van der Waals surface area contributed by atoms with Crippen LogP contribution in [0.15, 0.2) is 34.3 Å². The molecule has 158 valence electrons. The van der Waals surface area contributed by atoms with Crippen LogP contribution < -0.4 is 10.9 Å². The number of carbonyl (C=O) groups excluding carboxylic acids is 1. The van der Waals surface area contributed by atoms with Crippen molar-refractivity contribution in [1.29, 1.82) is 0 Å². The highest BCUT2D eigenvalue weighted by molar-refractivity contribution is 7.99. The van der Waals surface area contributed by atoms with Gasteiger partial charge in [0, 0.05) is 17.6 Å². The number of amides is 1. The van der Waals surface area contributed by atoms with E-state index in [2.05, 4.69) is 17.2 Å². The maximum absolute atomic E-state index is 13.3. The number of unbranched alkanes of at least 4 members (excludes halogenated alkanes) is 2. The predicted molar refractivity (Wildman–Crippen MR) is 122 cm³/mol. The Bertz CT molecular complexity index is 1090. The van der Waals surface area contributed by atoms with E-state index in [0.717, 1.165) is 54.4 Å². The fourth-order valence-corrected chi connectivity index (χ4v) is 5.92. The number of fused-ring (bicyclic) bond motifs is 3. The lowest BCUT2D eigenvalue weighted by Crippen LogP contribution is -2.27. The highest BCUT2D eigenvalue weighted by atomic mass is 32.2. The maximum Gasteiger partial charge on any atom is 0.263 e. The minimum atomic E-state index is -0.0891. The molecule has 1 aliphatic rings. The summed E-state index contributed by atoms with van der Waals surface area (Å²) in [5.74, 6) is 0.137. The number of aryl methyl sites for hydroxylation is 2. The van der Waals surface area contributed by atoms with Gasteiger partial charge in [0.15, 0.2) is 5.16 Å². The molecule has 3 heterocycles. The van der Waals surface area contributed by atoms with Crippen molar-refractivity contribution < 1.29 is 4.79 Å². The first kappa shape index (κ1) is 21.1. The van der Waals surface area contributed by atoms with E-state index in [0.29, 0.717) is 18.2 Å². The molecular weight excluding hydrogens is 416 g/mol. The topological polar surface area (TPSA) is 76.9 Å². The Morgan fingerprint density at radius 1 is 1.30 bits per heavy atom. The highest BCUT2D eigenvalue weighted by Crippen LogP contribution is 2.35. The van der Waals surface area contributed by atoms with Crippen LogP contribution in [0.2, 0.25) is 0 Å². The lowest BCUT2D eigenvalue weighted by Gasteiger charge is -2.12. The van der Waals surface area contributed by atoms with Crippen molar-refractivity contribution in [2.75, 3.05) is 5.75 Å². The molecule has 0 aromatic carbocycles. The second-order valence-electron chi connectivity index (χ2n) is 7.48. The summed E-state index contributed by atoms with van der Waals surface area (Å²) in [5, 5.41) is 4.35. The van der Waals surface area contributed by atoms with Crippen LogP contribution >= 0.6 is 23.1 Å². The Balaban J connectivity index is 1.52. The van der Waals surface area contributed by atoms with Crippen molar-refractivity contribution in [3.63, 3.8) is 0 Å². The van der Waals surface area contributed by atoms with E-state index in [9.17, 15) is 9.59 Å². The SMILES string of the molecule is CCCCCn1c(SCC(=O)NCc2ccccn2)nc2sc3c(c2c1=O)CCC3. The third kappa shape index (κ3) is 4.59. The zero-order valence-electron chi connectivity index (χ0n) is 17.1. The number of rotatable bonds is 9. The summed E-state index contributed by atoms with van der Waals surface area (Å²) < 4.78 is 1.79. The van der Waals surface area contributed by atoms with Gasteiger partial charge >= 0.3 is 0 Å². The highest BCUT2D eigenvalue weighted by Gasteiger charge is 2.23. The number of hydrogen-bond donors (Lipinski definition) is 1. The van der Waals surface area contributed by atoms with Crippen LogP contribution in [0, 0.1) is 0 Å². The van der Waals surface area contributed by atoms with Gasteiger partial charge in [0.05, 0.1) is 23.4 Å². The summed E-state index contributed by atoms with van der Waals surface area (Å²) >= 11 is 2.99. The number of aromatic nitrogens is 3. The normalized spacial score (nSPS) is 13.0. The van der Waals surface area contributed by atoms with E-state index in [1.807, 2.05) is 18.2 Å². The predicted octanol–water partition coefficient (Wildman–Crippen LogP) is 3.94. The number of thioether (sulfide) groups is 1. The molecule has 0 unspecified atom stereocenters. The van der Waals surface area contributed by atoms with E-state index >= 15 is 0 Å². The zero-order chi connectivity index (χ0) is 20.9. The van der Waals surface area contributed by atoms with E-state index in [1.54, 1.807) is 22.1 Å². The molecule has 1 amide bonds. The van der Waals surface area contributed by atoms with Crippen molar-refractivity contribution in [1.82, 2.24) is 19.9 Å². The van der Waals surface area contributed by atoms with Gasteiger partial charge in [0.1, 0.15) is 4.83 Å². The number of nitrogens with one attached hydrogen (secondary N) is 1. The first-order valence-corrected chi connectivity index (χ1v) is 12.3. The van der Waals surface area contributed by atoms with Crippen LogP contribution in [-0.2, 0) is 30.7 Å². The maximum atomic E-state index is 13.3. The third-order valence-corrected chi connectivity index (χ3v) is 7.46. The standard InChI is InChI=1S/C22H26N4O2S2/c1-2-3-6-12-26-21(28)19-16-9-7-10-17(16)30-20(19)25-22(26)29-14-18(27)24-13-15-8-4-5-11-23-15/h4-5,8,11H,2-3,6-7,9-10,12-14H2,1H3,(H,24,27). The number of hydrogen-bond acceptors (Lipinski definition) is 6. The number of thiophene rings is 1. The van der Waals surface area contributed by atoms with Gasteiger partial charge in [0.25, 0.3) is 5.56 Å². The molecule has 3 aromatic rings. The van der Waals surface area contributed by atoms with Crippen molar-refractivity contribution in [3.8, 4) is 0 Å². The second-order valence-corrected chi connectivity index (χ2v) is 9.51. The average Bonchev–Trinajstić information content (AvgIpc) is 3.34. The Morgan fingerprint density at radius 3 is 3.00 bits per heavy atom. The molecule has 0 fully saturated rings. The van der Waals surface area contributed by atoms with E-state index < -0.39 is 0 Å². The molecule has 0 aliphatic heterocycles. The van der Waals surface area contributed by atoms with Gasteiger partial charge in [-0.25, -0.2) is 4.98 Å². The summed E-state index contributed by atoms with van der Waals surface area (Å²) in [6.45, 7) is 3.20. The third-order valence-electron chi connectivity index (χ3n) is 5.30. The quantitative estimate of drug-likeness (QED) is 0.309. The largest absolute Gasteiger partial charge is 0.350 e. The molecule has 4 rings (SSSR count). The second kappa shape index (κ2) is 9.75. The van der Waals surface area contributed by atoms with Crippen LogP contribution in [0.25, 0.3) is 10.2 Å². The van der Waals surface area contributed by atoms with Gasteiger partial charge in [-0.15, -0.1) is 11.3 Å². The molecule has 1 N–H and O–H groups in total. The summed E-state index contributed by atoms with van der Waals surface area (Å²) in [6.07, 6.45) is 7.96.